The van der Waals surface area contributed by atoms with Crippen LogP contribution >= 0.6 is 0 Å². The van der Waals surface area contributed by atoms with Crippen LogP contribution in [0.2, 0.25) is 0 Å². The molecule has 110 valence electrons. The van der Waals surface area contributed by atoms with Crippen molar-refractivity contribution in [3.63, 3.8) is 0 Å². The predicted molar refractivity (Wildman–Crippen MR) is 77.1 cm³/mol. The molecule has 20 heavy (non-hydrogen) atoms. The zero-order valence-electron chi connectivity index (χ0n) is 11.8. The molecule has 0 atom stereocenters. The lowest BCUT2D eigenvalue weighted by molar-refractivity contribution is 0.188. The molecule has 1 aliphatic carbocycles. The number of nitrogens with zero attached hydrogens (tertiary/aromatic N) is 1. The molecule has 2 N–H and O–H groups in total. The summed E-state index contributed by atoms with van der Waals surface area (Å²) >= 11 is 0. The van der Waals surface area contributed by atoms with Gasteiger partial charge in [0.2, 0.25) is 0 Å². The van der Waals surface area contributed by atoms with E-state index in [2.05, 4.69) is 10.2 Å². The first-order chi connectivity index (χ1) is 9.72. The van der Waals surface area contributed by atoms with E-state index in [1.807, 2.05) is 0 Å². The minimum absolute atomic E-state index is 0.211. The summed E-state index contributed by atoms with van der Waals surface area (Å²) in [6.07, 6.45) is 4.92. The molecule has 0 aromatic heterocycles. The number of hydrogen-bond acceptors (Lipinski definition) is 3. The normalized spacial score (nSPS) is 20.5. The number of benzene rings is 1. The molecule has 0 amide bonds. The first kappa shape index (κ1) is 13.8. The van der Waals surface area contributed by atoms with E-state index in [9.17, 15) is 9.50 Å². The molecule has 3 nitrogen and oxygen atoms in total. The average Bonchev–Trinajstić information content (AvgIpc) is 3.28. The summed E-state index contributed by atoms with van der Waals surface area (Å²) in [5.74, 6) is 0.672. The molecule has 2 aliphatic rings. The maximum atomic E-state index is 13.3. The Labute approximate surface area is 119 Å². The quantitative estimate of drug-likeness (QED) is 0.868. The Morgan fingerprint density at radius 2 is 1.95 bits per heavy atom. The smallest absolute Gasteiger partial charge is 0.123 e. The molecule has 3 rings (SSSR count). The molecule has 1 saturated heterocycles. The minimum atomic E-state index is -0.268. The van der Waals surface area contributed by atoms with Gasteiger partial charge < -0.3 is 10.4 Å². The third-order valence-corrected chi connectivity index (χ3v) is 4.43. The van der Waals surface area contributed by atoms with E-state index < -0.39 is 0 Å². The van der Waals surface area contributed by atoms with Crippen LogP contribution < -0.4 is 5.32 Å². The van der Waals surface area contributed by atoms with Crippen molar-refractivity contribution >= 4 is 0 Å². The summed E-state index contributed by atoms with van der Waals surface area (Å²) in [5.41, 5.74) is 0.714. The van der Waals surface area contributed by atoms with Gasteiger partial charge in [-0.15, -0.1) is 0 Å². The Bertz CT molecular complexity index is 456. The third-order valence-electron chi connectivity index (χ3n) is 4.43. The second kappa shape index (κ2) is 6.10. The summed E-state index contributed by atoms with van der Waals surface area (Å²) in [4.78, 5) is 2.44. The van der Waals surface area contributed by atoms with Gasteiger partial charge in [0.25, 0.3) is 0 Å². The lowest BCUT2D eigenvalue weighted by Crippen LogP contribution is -2.37. The van der Waals surface area contributed by atoms with Crippen molar-refractivity contribution in [1.29, 1.82) is 0 Å². The summed E-state index contributed by atoms with van der Waals surface area (Å²) < 4.78 is 13.3. The highest BCUT2D eigenvalue weighted by Crippen LogP contribution is 2.32. The van der Waals surface area contributed by atoms with Crippen molar-refractivity contribution in [2.75, 3.05) is 19.6 Å². The lowest BCUT2D eigenvalue weighted by Gasteiger charge is -2.30. The SMILES string of the molecule is Oc1ccc(F)cc1CN(CC1CCNCC1)C1CC1. The second-order valence-electron chi connectivity index (χ2n) is 6.13. The fourth-order valence-electron chi connectivity index (χ4n) is 3.08. The molecule has 2 fully saturated rings. The number of piperidine rings is 1. The van der Waals surface area contributed by atoms with Crippen molar-refractivity contribution in [2.45, 2.75) is 38.3 Å². The first-order valence-corrected chi connectivity index (χ1v) is 7.64. The van der Waals surface area contributed by atoms with E-state index in [4.69, 9.17) is 0 Å². The highest BCUT2D eigenvalue weighted by Gasteiger charge is 2.31. The van der Waals surface area contributed by atoms with Crippen molar-refractivity contribution in [1.82, 2.24) is 10.2 Å². The minimum Gasteiger partial charge on any atom is -0.508 e. The number of nitrogens with one attached hydrogen (secondary N) is 1. The van der Waals surface area contributed by atoms with Crippen LogP contribution in [0.5, 0.6) is 5.75 Å². The topological polar surface area (TPSA) is 35.5 Å². The van der Waals surface area contributed by atoms with Crippen molar-refractivity contribution in [2.24, 2.45) is 5.92 Å². The van der Waals surface area contributed by atoms with Gasteiger partial charge in [-0.2, -0.15) is 0 Å². The van der Waals surface area contributed by atoms with Crippen molar-refractivity contribution in [3.05, 3.63) is 29.6 Å². The first-order valence-electron chi connectivity index (χ1n) is 7.64. The van der Waals surface area contributed by atoms with Gasteiger partial charge in [0.1, 0.15) is 11.6 Å². The Kier molecular flexibility index (Phi) is 4.22. The van der Waals surface area contributed by atoms with Crippen molar-refractivity contribution < 1.29 is 9.50 Å². The molecule has 1 saturated carbocycles. The fourth-order valence-corrected chi connectivity index (χ4v) is 3.08. The largest absolute Gasteiger partial charge is 0.508 e. The zero-order chi connectivity index (χ0) is 13.9. The summed E-state index contributed by atoms with van der Waals surface area (Å²) in [6, 6.07) is 4.87. The van der Waals surface area contributed by atoms with Crippen LogP contribution in [-0.2, 0) is 6.54 Å². The van der Waals surface area contributed by atoms with Gasteiger partial charge in [0.15, 0.2) is 0 Å². The van der Waals surface area contributed by atoms with Crippen LogP contribution in [0, 0.1) is 11.7 Å². The Morgan fingerprint density at radius 3 is 2.65 bits per heavy atom. The number of phenolic OH excluding ortho intramolecular Hbond substituents is 1. The van der Waals surface area contributed by atoms with Gasteiger partial charge in [-0.1, -0.05) is 0 Å². The summed E-state index contributed by atoms with van der Waals surface area (Å²) in [6.45, 7) is 3.95. The van der Waals surface area contributed by atoms with E-state index in [1.165, 1.54) is 43.9 Å². The van der Waals surface area contributed by atoms with E-state index in [0.717, 1.165) is 25.6 Å². The molecular formula is C16H23FN2O. The molecule has 0 bridgehead atoms. The van der Waals surface area contributed by atoms with Gasteiger partial charge >= 0.3 is 0 Å². The van der Waals surface area contributed by atoms with Gasteiger partial charge in [-0.25, -0.2) is 4.39 Å². The standard InChI is InChI=1S/C16H23FN2O/c17-14-1-4-16(20)13(9-14)11-19(15-2-3-15)10-12-5-7-18-8-6-12/h1,4,9,12,15,18,20H,2-3,5-8,10-11H2. The molecule has 1 heterocycles. The number of phenols is 1. The number of aromatic hydroxyl groups is 1. The van der Waals surface area contributed by atoms with Crippen molar-refractivity contribution in [3.8, 4) is 5.75 Å². The Hall–Kier alpha value is -1.13. The van der Waals surface area contributed by atoms with E-state index in [-0.39, 0.29) is 11.6 Å². The molecule has 4 heteroatoms. The van der Waals surface area contributed by atoms with E-state index in [1.54, 1.807) is 0 Å². The second-order valence-corrected chi connectivity index (χ2v) is 6.13. The maximum Gasteiger partial charge on any atom is 0.123 e. The lowest BCUT2D eigenvalue weighted by atomic mass is 9.97. The zero-order valence-corrected chi connectivity index (χ0v) is 11.8. The molecule has 0 spiro atoms. The highest BCUT2D eigenvalue weighted by atomic mass is 19.1. The summed E-state index contributed by atoms with van der Waals surface area (Å²) in [5, 5.41) is 13.3. The monoisotopic (exact) mass is 278 g/mol. The van der Waals surface area contributed by atoms with Crippen LogP contribution in [-0.4, -0.2) is 35.7 Å². The molecule has 0 unspecified atom stereocenters. The fraction of sp³-hybridized carbons (Fsp3) is 0.625. The molecule has 0 radical (unpaired) electrons. The third kappa shape index (κ3) is 3.49. The van der Waals surface area contributed by atoms with Crippen LogP contribution in [0.25, 0.3) is 0 Å². The van der Waals surface area contributed by atoms with Gasteiger partial charge in [-0.05, 0) is 62.9 Å². The highest BCUT2D eigenvalue weighted by molar-refractivity contribution is 5.32. The number of halogens is 1. The van der Waals surface area contributed by atoms with Crippen LogP contribution in [0.1, 0.15) is 31.2 Å². The summed E-state index contributed by atoms with van der Waals surface area (Å²) in [7, 11) is 0. The molecule has 1 aliphatic heterocycles. The number of rotatable bonds is 5. The molecular weight excluding hydrogens is 255 g/mol. The molecule has 1 aromatic carbocycles. The van der Waals surface area contributed by atoms with E-state index >= 15 is 0 Å². The predicted octanol–water partition coefficient (Wildman–Crippen LogP) is 2.50. The Balaban J connectivity index is 1.66. The van der Waals surface area contributed by atoms with Crippen LogP contribution in [0.3, 0.4) is 0 Å². The number of hydrogen-bond donors (Lipinski definition) is 2. The molecule has 1 aromatic rings. The van der Waals surface area contributed by atoms with Crippen LogP contribution in [0.4, 0.5) is 4.39 Å². The average molecular weight is 278 g/mol. The van der Waals surface area contributed by atoms with Crippen LogP contribution in [0.15, 0.2) is 18.2 Å². The van der Waals surface area contributed by atoms with Gasteiger partial charge in [0, 0.05) is 24.7 Å². The van der Waals surface area contributed by atoms with Gasteiger partial charge in [-0.3, -0.25) is 4.90 Å². The maximum absolute atomic E-state index is 13.3. The Morgan fingerprint density at radius 1 is 1.20 bits per heavy atom. The van der Waals surface area contributed by atoms with E-state index in [0.29, 0.717) is 18.2 Å². The van der Waals surface area contributed by atoms with Gasteiger partial charge in [0.05, 0.1) is 0 Å².